The first kappa shape index (κ1) is 15.1. The van der Waals surface area contributed by atoms with Gasteiger partial charge in [0.1, 0.15) is 5.75 Å². The summed E-state index contributed by atoms with van der Waals surface area (Å²) in [5.74, 6) is -0.564. The third-order valence-electron chi connectivity index (χ3n) is 2.13. The highest BCUT2D eigenvalue weighted by Gasteiger charge is 2.15. The number of ketones is 1. The van der Waals surface area contributed by atoms with E-state index >= 15 is 0 Å². The van der Waals surface area contributed by atoms with Crippen LogP contribution in [0.1, 0.15) is 17.3 Å². The van der Waals surface area contributed by atoms with E-state index < -0.39 is 5.97 Å². The zero-order valence-electron chi connectivity index (χ0n) is 11.0. The number of Topliss-reactive ketones (excluding diaryl/α,β-unsaturated/α-hetero) is 1. The fourth-order valence-corrected chi connectivity index (χ4v) is 1.33. The van der Waals surface area contributed by atoms with Crippen LogP contribution in [-0.4, -0.2) is 42.5 Å². The van der Waals surface area contributed by atoms with Crippen molar-refractivity contribution in [1.82, 2.24) is 4.90 Å². The molecule has 0 aliphatic rings. The van der Waals surface area contributed by atoms with Crippen molar-refractivity contribution in [3.05, 3.63) is 29.8 Å². The Hall–Kier alpha value is -1.95. The minimum absolute atomic E-state index is 0.199. The van der Waals surface area contributed by atoms with Gasteiger partial charge in [-0.3, -0.25) is 9.59 Å². The predicted octanol–water partition coefficient (Wildman–Crippen LogP) is 1.66. The van der Waals surface area contributed by atoms with Gasteiger partial charge in [0.15, 0.2) is 6.61 Å². The van der Waals surface area contributed by atoms with Crippen molar-refractivity contribution >= 4 is 29.1 Å². The topological polar surface area (TPSA) is 55.8 Å². The monoisotopic (exact) mass is 281 g/mol. The molecule has 0 unspecified atom stereocenters. The lowest BCUT2D eigenvalue weighted by atomic mass is 10.1. The van der Waals surface area contributed by atoms with Gasteiger partial charge in [-0.25, -0.2) is 0 Å². The summed E-state index contributed by atoms with van der Waals surface area (Å²) in [5, 5.41) is 0.221. The van der Waals surface area contributed by atoms with Gasteiger partial charge in [0, 0.05) is 21.0 Å². The summed E-state index contributed by atoms with van der Waals surface area (Å²) in [5.41, 5.74) is 0.291. The quantitative estimate of drug-likeness (QED) is 0.362. The molecule has 5 nitrogen and oxygen atoms in total. The highest BCUT2D eigenvalue weighted by molar-refractivity contribution is 7.80. The third-order valence-corrected chi connectivity index (χ3v) is 2.62. The average molecular weight is 281 g/mol. The molecule has 102 valence electrons. The van der Waals surface area contributed by atoms with Gasteiger partial charge in [-0.05, 0) is 24.4 Å². The summed E-state index contributed by atoms with van der Waals surface area (Å²) >= 11 is 4.92. The first-order chi connectivity index (χ1) is 8.91. The van der Waals surface area contributed by atoms with Crippen LogP contribution in [0.4, 0.5) is 0 Å². The lowest BCUT2D eigenvalue weighted by Gasteiger charge is -2.14. The third kappa shape index (κ3) is 4.67. The van der Waals surface area contributed by atoms with Crippen LogP contribution in [0.25, 0.3) is 0 Å². The van der Waals surface area contributed by atoms with Crippen LogP contribution in [0.5, 0.6) is 5.75 Å². The fraction of sp³-hybridized carbons (Fsp3) is 0.308. The maximum Gasteiger partial charge on any atom is 0.308 e. The lowest BCUT2D eigenvalue weighted by molar-refractivity contribution is -0.131. The number of benzene rings is 1. The Bertz CT molecular complexity index is 499. The van der Waals surface area contributed by atoms with Gasteiger partial charge in [-0.15, -0.1) is 0 Å². The van der Waals surface area contributed by atoms with Crippen molar-refractivity contribution in [1.29, 1.82) is 0 Å². The Balaban J connectivity index is 2.76. The summed E-state index contributed by atoms with van der Waals surface area (Å²) in [7, 11) is 3.44. The highest BCUT2D eigenvalue weighted by atomic mass is 32.1. The molecule has 0 amide bonds. The van der Waals surface area contributed by atoms with E-state index in [-0.39, 0.29) is 23.3 Å². The van der Waals surface area contributed by atoms with Gasteiger partial charge in [0.2, 0.25) is 5.78 Å². The fourth-order valence-electron chi connectivity index (χ4n) is 1.27. The molecule has 0 aliphatic heterocycles. The number of carbonyl (C=O) groups is 2. The highest BCUT2D eigenvalue weighted by Crippen LogP contribution is 2.18. The van der Waals surface area contributed by atoms with Crippen molar-refractivity contribution in [2.24, 2.45) is 0 Å². The molecule has 1 aromatic carbocycles. The molecule has 0 saturated heterocycles. The molecular formula is C13H15NO4S. The number of hydrogen-bond acceptors (Lipinski definition) is 5. The van der Waals surface area contributed by atoms with Gasteiger partial charge in [-0.2, -0.15) is 0 Å². The van der Waals surface area contributed by atoms with Gasteiger partial charge in [0.05, 0.1) is 5.56 Å². The van der Waals surface area contributed by atoms with Crippen molar-refractivity contribution in [2.45, 2.75) is 6.92 Å². The molecule has 0 heterocycles. The van der Waals surface area contributed by atoms with Crippen LogP contribution in [0.3, 0.4) is 0 Å². The van der Waals surface area contributed by atoms with Gasteiger partial charge in [0.25, 0.3) is 5.17 Å². The summed E-state index contributed by atoms with van der Waals surface area (Å²) in [6, 6.07) is 6.49. The zero-order chi connectivity index (χ0) is 14.4. The van der Waals surface area contributed by atoms with Crippen LogP contribution in [0.15, 0.2) is 24.3 Å². The molecule has 19 heavy (non-hydrogen) atoms. The van der Waals surface area contributed by atoms with Crippen LogP contribution in [-0.2, 0) is 9.53 Å². The number of hydrogen-bond donors (Lipinski definition) is 0. The molecule has 0 saturated carbocycles. The molecule has 0 aromatic heterocycles. The smallest absolute Gasteiger partial charge is 0.308 e. The summed E-state index contributed by atoms with van der Waals surface area (Å²) in [4.78, 5) is 24.5. The molecule has 0 bridgehead atoms. The first-order valence-electron chi connectivity index (χ1n) is 5.56. The minimum Gasteiger partial charge on any atom is -0.463 e. The number of carbonyl (C=O) groups excluding carboxylic acids is 2. The Labute approximate surface area is 117 Å². The summed E-state index contributed by atoms with van der Waals surface area (Å²) in [6.45, 7) is 1.08. The maximum atomic E-state index is 12.0. The average Bonchev–Trinajstić information content (AvgIpc) is 2.35. The molecule has 6 heteroatoms. The van der Waals surface area contributed by atoms with E-state index in [0.29, 0.717) is 5.56 Å². The molecule has 0 N–H and O–H groups in total. The van der Waals surface area contributed by atoms with Crippen LogP contribution < -0.4 is 4.74 Å². The summed E-state index contributed by atoms with van der Waals surface area (Å²) < 4.78 is 10.1. The van der Waals surface area contributed by atoms with E-state index in [1.54, 1.807) is 43.3 Å². The normalized spacial score (nSPS) is 9.63. The molecular weight excluding hydrogens is 266 g/mol. The van der Waals surface area contributed by atoms with E-state index in [4.69, 9.17) is 21.7 Å². The molecule has 0 fully saturated rings. The second-order valence-electron chi connectivity index (χ2n) is 3.96. The Morgan fingerprint density at radius 2 is 1.89 bits per heavy atom. The Morgan fingerprint density at radius 3 is 2.47 bits per heavy atom. The second-order valence-corrected chi connectivity index (χ2v) is 4.31. The molecule has 0 atom stereocenters. The van der Waals surface area contributed by atoms with Crippen molar-refractivity contribution < 1.29 is 19.1 Å². The lowest BCUT2D eigenvalue weighted by Crippen LogP contribution is -2.25. The number of ether oxygens (including phenoxy) is 2. The molecule has 1 aromatic rings. The van der Waals surface area contributed by atoms with E-state index in [2.05, 4.69) is 0 Å². The zero-order valence-corrected chi connectivity index (χ0v) is 11.8. The SMILES string of the molecule is CC(=O)Oc1ccccc1C(=O)COC(=S)N(C)C. The number of esters is 1. The van der Waals surface area contributed by atoms with Crippen LogP contribution in [0, 0.1) is 0 Å². The van der Waals surface area contributed by atoms with E-state index in [0.717, 1.165) is 0 Å². The predicted molar refractivity (Wildman–Crippen MR) is 74.3 cm³/mol. The van der Waals surface area contributed by atoms with E-state index in [1.165, 1.54) is 6.92 Å². The largest absolute Gasteiger partial charge is 0.463 e. The molecule has 0 spiro atoms. The van der Waals surface area contributed by atoms with E-state index in [9.17, 15) is 9.59 Å². The molecule has 0 radical (unpaired) electrons. The van der Waals surface area contributed by atoms with Gasteiger partial charge in [-0.1, -0.05) is 12.1 Å². The van der Waals surface area contributed by atoms with Crippen LogP contribution in [0.2, 0.25) is 0 Å². The number of para-hydroxylation sites is 1. The van der Waals surface area contributed by atoms with Crippen molar-refractivity contribution in [3.63, 3.8) is 0 Å². The summed E-state index contributed by atoms with van der Waals surface area (Å²) in [6.07, 6.45) is 0. The first-order valence-corrected chi connectivity index (χ1v) is 5.97. The van der Waals surface area contributed by atoms with Crippen molar-refractivity contribution in [2.75, 3.05) is 20.7 Å². The Kier molecular flexibility index (Phi) is 5.44. The minimum atomic E-state index is -0.481. The number of rotatable bonds is 4. The van der Waals surface area contributed by atoms with Gasteiger partial charge >= 0.3 is 5.97 Å². The molecule has 0 aliphatic carbocycles. The van der Waals surface area contributed by atoms with E-state index in [1.807, 2.05) is 0 Å². The van der Waals surface area contributed by atoms with Crippen molar-refractivity contribution in [3.8, 4) is 5.75 Å². The number of thiocarbonyl (C=S) groups is 1. The van der Waals surface area contributed by atoms with Gasteiger partial charge < -0.3 is 14.4 Å². The van der Waals surface area contributed by atoms with Crippen LogP contribution >= 0.6 is 12.2 Å². The number of nitrogens with zero attached hydrogens (tertiary/aromatic N) is 1. The Morgan fingerprint density at radius 1 is 1.26 bits per heavy atom. The maximum absolute atomic E-state index is 12.0. The molecule has 1 rings (SSSR count). The second kappa shape index (κ2) is 6.84. The standard InChI is InChI=1S/C13H15NO4S/c1-9(15)18-12-7-5-4-6-10(12)11(16)8-17-13(19)14(2)3/h4-7H,8H2,1-3H3.